The number of nitrogens with zero attached hydrogens (tertiary/aromatic N) is 1. The molecule has 6 nitrogen and oxygen atoms in total. The molecule has 2 heterocycles. The Bertz CT molecular complexity index is 760. The van der Waals surface area contributed by atoms with Crippen molar-refractivity contribution in [2.24, 2.45) is 0 Å². The molecule has 7 heteroatoms. The predicted octanol–water partition coefficient (Wildman–Crippen LogP) is 3.26. The van der Waals surface area contributed by atoms with Crippen LogP contribution in [0.4, 0.5) is 9.80 Å². The van der Waals surface area contributed by atoms with Gasteiger partial charge in [0, 0.05) is 24.0 Å². The normalized spacial score (nSPS) is 17.8. The number of thiophene rings is 1. The summed E-state index contributed by atoms with van der Waals surface area (Å²) in [4.78, 5) is 26.1. The van der Waals surface area contributed by atoms with E-state index < -0.39 is 6.09 Å². The molecular weight excluding hydrogens is 338 g/mol. The SMILES string of the molecule is Nc1sc(-c2ccccc2)cc1C(=O)N[C@H]1CCCCN(C(=O)O)C1. The van der Waals surface area contributed by atoms with Crippen LogP contribution < -0.4 is 11.1 Å². The Kier molecular flexibility index (Phi) is 5.23. The first kappa shape index (κ1) is 17.3. The molecule has 2 amide bonds. The fourth-order valence-corrected chi connectivity index (χ4v) is 3.95. The van der Waals surface area contributed by atoms with Gasteiger partial charge in [0.15, 0.2) is 0 Å². The van der Waals surface area contributed by atoms with Crippen molar-refractivity contribution in [3.8, 4) is 10.4 Å². The lowest BCUT2D eigenvalue weighted by Crippen LogP contribution is -2.44. The lowest BCUT2D eigenvalue weighted by atomic mass is 10.1. The Morgan fingerprint density at radius 1 is 1.24 bits per heavy atom. The maximum absolute atomic E-state index is 12.6. The molecule has 0 spiro atoms. The van der Waals surface area contributed by atoms with Crippen LogP contribution in [0.25, 0.3) is 10.4 Å². The third-order valence-electron chi connectivity index (χ3n) is 4.34. The van der Waals surface area contributed by atoms with Gasteiger partial charge in [0.05, 0.1) is 10.6 Å². The zero-order chi connectivity index (χ0) is 17.8. The Hall–Kier alpha value is -2.54. The van der Waals surface area contributed by atoms with Crippen LogP contribution in [0.1, 0.15) is 29.6 Å². The number of benzene rings is 1. The lowest BCUT2D eigenvalue weighted by molar-refractivity contribution is 0.0921. The van der Waals surface area contributed by atoms with E-state index in [0.29, 0.717) is 23.7 Å². The van der Waals surface area contributed by atoms with E-state index in [1.54, 1.807) is 6.07 Å². The van der Waals surface area contributed by atoms with Crippen molar-refractivity contribution in [2.45, 2.75) is 25.3 Å². The number of carbonyl (C=O) groups is 2. The lowest BCUT2D eigenvalue weighted by Gasteiger charge is -2.22. The van der Waals surface area contributed by atoms with Crippen LogP contribution in [0.15, 0.2) is 36.4 Å². The Morgan fingerprint density at radius 3 is 2.72 bits per heavy atom. The number of amides is 2. The van der Waals surface area contributed by atoms with Crippen molar-refractivity contribution in [3.05, 3.63) is 42.0 Å². The molecule has 1 aromatic carbocycles. The summed E-state index contributed by atoms with van der Waals surface area (Å²) >= 11 is 1.38. The number of nitrogen functional groups attached to an aromatic ring is 1. The number of nitrogens with one attached hydrogen (secondary N) is 1. The van der Waals surface area contributed by atoms with E-state index in [1.807, 2.05) is 30.3 Å². The van der Waals surface area contributed by atoms with E-state index in [1.165, 1.54) is 16.2 Å². The molecule has 3 rings (SSSR count). The molecule has 0 saturated carbocycles. The average Bonchev–Trinajstić information content (AvgIpc) is 2.84. The topological polar surface area (TPSA) is 95.7 Å². The highest BCUT2D eigenvalue weighted by molar-refractivity contribution is 7.19. The van der Waals surface area contributed by atoms with Crippen molar-refractivity contribution >= 4 is 28.3 Å². The van der Waals surface area contributed by atoms with Crippen LogP contribution >= 0.6 is 11.3 Å². The van der Waals surface area contributed by atoms with Crippen LogP contribution in [0.3, 0.4) is 0 Å². The van der Waals surface area contributed by atoms with E-state index in [-0.39, 0.29) is 11.9 Å². The van der Waals surface area contributed by atoms with Gasteiger partial charge in [-0.3, -0.25) is 4.79 Å². The largest absolute Gasteiger partial charge is 0.465 e. The highest BCUT2D eigenvalue weighted by Crippen LogP contribution is 2.33. The number of likely N-dealkylation sites (tertiary alicyclic amines) is 1. The molecule has 1 aliphatic rings. The standard InChI is InChI=1S/C18H21N3O3S/c19-16-14(10-15(25-16)12-6-2-1-3-7-12)17(22)20-13-8-4-5-9-21(11-13)18(23)24/h1-3,6-7,10,13H,4-5,8-9,11,19H2,(H,20,22)(H,23,24)/t13-/m0/s1. The molecule has 25 heavy (non-hydrogen) atoms. The highest BCUT2D eigenvalue weighted by atomic mass is 32.1. The van der Waals surface area contributed by atoms with E-state index in [0.717, 1.165) is 29.7 Å². The maximum atomic E-state index is 12.6. The van der Waals surface area contributed by atoms with Gasteiger partial charge in [-0.15, -0.1) is 11.3 Å². The molecule has 1 atom stereocenters. The fraction of sp³-hybridized carbons (Fsp3) is 0.333. The Balaban J connectivity index is 1.73. The van der Waals surface area contributed by atoms with Gasteiger partial charge in [0.25, 0.3) is 5.91 Å². The molecule has 0 aliphatic carbocycles. The number of nitrogens with two attached hydrogens (primary N) is 1. The van der Waals surface area contributed by atoms with E-state index >= 15 is 0 Å². The van der Waals surface area contributed by atoms with Crippen LogP contribution in [0.2, 0.25) is 0 Å². The van der Waals surface area contributed by atoms with E-state index in [9.17, 15) is 14.7 Å². The van der Waals surface area contributed by atoms with Crippen LogP contribution in [0.5, 0.6) is 0 Å². The first-order chi connectivity index (χ1) is 12.0. The maximum Gasteiger partial charge on any atom is 0.407 e. The summed E-state index contributed by atoms with van der Waals surface area (Å²) in [5.74, 6) is -0.242. The van der Waals surface area contributed by atoms with Crippen LogP contribution in [-0.4, -0.2) is 41.1 Å². The molecule has 0 radical (unpaired) electrons. The molecule has 1 aromatic heterocycles. The average molecular weight is 359 g/mol. The van der Waals surface area contributed by atoms with Gasteiger partial charge in [0.1, 0.15) is 0 Å². The van der Waals surface area contributed by atoms with Crippen LogP contribution in [-0.2, 0) is 0 Å². The monoisotopic (exact) mass is 359 g/mol. The zero-order valence-corrected chi connectivity index (χ0v) is 14.6. The summed E-state index contributed by atoms with van der Waals surface area (Å²) < 4.78 is 0. The quantitative estimate of drug-likeness (QED) is 0.784. The molecule has 0 unspecified atom stereocenters. The minimum Gasteiger partial charge on any atom is -0.465 e. The van der Waals surface area contributed by atoms with E-state index in [4.69, 9.17) is 5.73 Å². The number of carbonyl (C=O) groups excluding carboxylic acids is 1. The molecule has 4 N–H and O–H groups in total. The number of hydrogen-bond donors (Lipinski definition) is 3. The van der Waals surface area contributed by atoms with Gasteiger partial charge in [-0.1, -0.05) is 30.3 Å². The van der Waals surface area contributed by atoms with Gasteiger partial charge >= 0.3 is 6.09 Å². The molecule has 1 fully saturated rings. The number of carboxylic acid groups (broad SMARTS) is 1. The van der Waals surface area contributed by atoms with Gasteiger partial charge < -0.3 is 21.1 Å². The second kappa shape index (κ2) is 7.57. The Morgan fingerprint density at radius 2 is 2.00 bits per heavy atom. The third kappa shape index (κ3) is 4.11. The molecule has 132 valence electrons. The molecule has 1 saturated heterocycles. The van der Waals surface area contributed by atoms with E-state index in [2.05, 4.69) is 5.32 Å². The summed E-state index contributed by atoms with van der Waals surface area (Å²) in [6.45, 7) is 0.830. The summed E-state index contributed by atoms with van der Waals surface area (Å²) in [6.07, 6.45) is 1.54. The summed E-state index contributed by atoms with van der Waals surface area (Å²) in [5.41, 5.74) is 7.52. The predicted molar refractivity (Wildman–Crippen MR) is 98.9 cm³/mol. The number of hydrogen-bond acceptors (Lipinski definition) is 4. The van der Waals surface area contributed by atoms with Crippen molar-refractivity contribution in [2.75, 3.05) is 18.8 Å². The number of rotatable bonds is 3. The second-order valence-electron chi connectivity index (χ2n) is 6.15. The Labute approximate surface area is 150 Å². The second-order valence-corrected chi connectivity index (χ2v) is 7.23. The smallest absolute Gasteiger partial charge is 0.407 e. The molecule has 2 aromatic rings. The minimum atomic E-state index is -0.942. The highest BCUT2D eigenvalue weighted by Gasteiger charge is 2.24. The first-order valence-corrected chi connectivity index (χ1v) is 9.09. The molecule has 0 bridgehead atoms. The van der Waals surface area contributed by atoms with Crippen molar-refractivity contribution < 1.29 is 14.7 Å². The summed E-state index contributed by atoms with van der Waals surface area (Å²) in [5, 5.41) is 12.6. The van der Waals surface area contributed by atoms with Gasteiger partial charge in [-0.2, -0.15) is 0 Å². The van der Waals surface area contributed by atoms with Crippen molar-refractivity contribution in [1.82, 2.24) is 10.2 Å². The number of anilines is 1. The zero-order valence-electron chi connectivity index (χ0n) is 13.8. The van der Waals surface area contributed by atoms with Gasteiger partial charge in [-0.05, 0) is 30.9 Å². The minimum absolute atomic E-state index is 0.189. The third-order valence-corrected chi connectivity index (χ3v) is 5.35. The fourth-order valence-electron chi connectivity index (χ4n) is 3.02. The summed E-state index contributed by atoms with van der Waals surface area (Å²) in [7, 11) is 0. The summed E-state index contributed by atoms with van der Waals surface area (Å²) in [6, 6.07) is 11.4. The van der Waals surface area contributed by atoms with Crippen LogP contribution in [0, 0.1) is 0 Å². The molecule has 1 aliphatic heterocycles. The molecular formula is C18H21N3O3S. The van der Waals surface area contributed by atoms with Gasteiger partial charge in [-0.25, -0.2) is 4.79 Å². The first-order valence-electron chi connectivity index (χ1n) is 8.28. The van der Waals surface area contributed by atoms with Crippen molar-refractivity contribution in [1.29, 1.82) is 0 Å². The van der Waals surface area contributed by atoms with Crippen molar-refractivity contribution in [3.63, 3.8) is 0 Å². The van der Waals surface area contributed by atoms with Gasteiger partial charge in [0.2, 0.25) is 0 Å².